The molecule has 1 amide bonds. The number of aliphatic imine (C=N–C) groups is 1. The quantitative estimate of drug-likeness (QED) is 0.243. The van der Waals surface area contributed by atoms with Gasteiger partial charge in [0.15, 0.2) is 5.96 Å². The Morgan fingerprint density at radius 1 is 1.08 bits per heavy atom. The van der Waals surface area contributed by atoms with Crippen molar-refractivity contribution in [1.82, 2.24) is 16.0 Å². The Balaban J connectivity index is 0.00000625. The number of guanidine groups is 1. The van der Waals surface area contributed by atoms with E-state index >= 15 is 0 Å². The highest BCUT2D eigenvalue weighted by Crippen LogP contribution is 2.15. The Bertz CT molecular complexity index is 574. The number of benzene rings is 1. The largest absolute Gasteiger partial charge is 0.491 e. The van der Waals surface area contributed by atoms with Gasteiger partial charge in [-0.1, -0.05) is 18.2 Å². The molecule has 0 aliphatic rings. The summed E-state index contributed by atoms with van der Waals surface area (Å²) in [6.07, 6.45) is -0.427. The highest BCUT2D eigenvalue weighted by atomic mass is 127. The summed E-state index contributed by atoms with van der Waals surface area (Å²) < 4.78 is 10.9. The van der Waals surface area contributed by atoms with E-state index in [4.69, 9.17) is 9.47 Å². The summed E-state index contributed by atoms with van der Waals surface area (Å²) >= 11 is 0. The Morgan fingerprint density at radius 3 is 2.31 bits per heavy atom. The summed E-state index contributed by atoms with van der Waals surface area (Å²) in [6.45, 7) is 9.63. The van der Waals surface area contributed by atoms with Crippen LogP contribution in [0, 0.1) is 6.92 Å². The van der Waals surface area contributed by atoms with Gasteiger partial charge in [0.1, 0.15) is 18.0 Å². The van der Waals surface area contributed by atoms with E-state index in [1.807, 2.05) is 52.0 Å². The van der Waals surface area contributed by atoms with E-state index in [1.165, 1.54) is 0 Å². The molecule has 0 aliphatic heterocycles. The molecular weight excluding hydrogens is 447 g/mol. The number of rotatable bonds is 7. The van der Waals surface area contributed by atoms with Gasteiger partial charge in [0, 0.05) is 20.1 Å². The maximum Gasteiger partial charge on any atom is 0.407 e. The molecule has 148 valence electrons. The number of halogens is 1. The van der Waals surface area contributed by atoms with Gasteiger partial charge in [-0.05, 0) is 39.3 Å². The molecule has 1 rings (SSSR count). The van der Waals surface area contributed by atoms with E-state index in [2.05, 4.69) is 20.9 Å². The van der Waals surface area contributed by atoms with Crippen molar-refractivity contribution in [3.05, 3.63) is 29.8 Å². The van der Waals surface area contributed by atoms with Gasteiger partial charge >= 0.3 is 6.09 Å². The summed E-state index contributed by atoms with van der Waals surface area (Å²) in [6, 6.07) is 7.90. The van der Waals surface area contributed by atoms with Gasteiger partial charge in [0.2, 0.25) is 0 Å². The topological polar surface area (TPSA) is 84.0 Å². The van der Waals surface area contributed by atoms with Crippen LogP contribution in [0.4, 0.5) is 4.79 Å². The van der Waals surface area contributed by atoms with Gasteiger partial charge in [0.05, 0.1) is 6.54 Å². The van der Waals surface area contributed by atoms with Gasteiger partial charge < -0.3 is 25.4 Å². The average Bonchev–Trinajstić information content (AvgIpc) is 2.53. The van der Waals surface area contributed by atoms with Crippen molar-refractivity contribution in [2.75, 3.05) is 33.3 Å². The monoisotopic (exact) mass is 478 g/mol. The molecule has 0 fully saturated rings. The number of nitrogens with zero attached hydrogens (tertiary/aromatic N) is 1. The van der Waals surface area contributed by atoms with Crippen LogP contribution in [0.2, 0.25) is 0 Å². The first kappa shape index (κ1) is 24.3. The van der Waals surface area contributed by atoms with Crippen LogP contribution in [0.25, 0.3) is 0 Å². The molecule has 3 N–H and O–H groups in total. The zero-order valence-electron chi connectivity index (χ0n) is 16.2. The number of ether oxygens (including phenoxy) is 2. The minimum atomic E-state index is -0.494. The molecule has 0 aromatic heterocycles. The van der Waals surface area contributed by atoms with Gasteiger partial charge in [-0.3, -0.25) is 4.99 Å². The van der Waals surface area contributed by atoms with Gasteiger partial charge in [-0.25, -0.2) is 4.79 Å². The second-order valence-corrected chi connectivity index (χ2v) is 6.47. The van der Waals surface area contributed by atoms with E-state index in [-0.39, 0.29) is 24.0 Å². The van der Waals surface area contributed by atoms with Crippen LogP contribution in [-0.4, -0.2) is 50.9 Å². The van der Waals surface area contributed by atoms with E-state index in [1.54, 1.807) is 7.05 Å². The standard InChI is InChI=1S/C18H30N4O3.HI/c1-14-8-6-7-9-15(14)24-13-12-21-16(19-5)20-10-11-22-17(23)25-18(2,3)4;/h6-9H,10-13H2,1-5H3,(H,22,23)(H2,19,20,21);1H. The van der Waals surface area contributed by atoms with E-state index in [0.29, 0.717) is 32.2 Å². The van der Waals surface area contributed by atoms with Gasteiger partial charge in [0.25, 0.3) is 0 Å². The summed E-state index contributed by atoms with van der Waals surface area (Å²) in [7, 11) is 1.69. The number of nitrogens with one attached hydrogen (secondary N) is 3. The zero-order chi connectivity index (χ0) is 18.7. The van der Waals surface area contributed by atoms with E-state index in [0.717, 1.165) is 11.3 Å². The molecule has 1 aromatic carbocycles. The van der Waals surface area contributed by atoms with Crippen molar-refractivity contribution in [3.63, 3.8) is 0 Å². The lowest BCUT2D eigenvalue weighted by atomic mass is 10.2. The molecule has 0 saturated heterocycles. The maximum atomic E-state index is 11.5. The minimum Gasteiger partial charge on any atom is -0.491 e. The molecule has 1 aromatic rings. The van der Waals surface area contributed by atoms with Crippen molar-refractivity contribution in [1.29, 1.82) is 0 Å². The molecule has 0 heterocycles. The molecular formula is C18H31IN4O3. The van der Waals surface area contributed by atoms with Crippen LogP contribution in [0.1, 0.15) is 26.3 Å². The summed E-state index contributed by atoms with van der Waals surface area (Å²) in [5, 5.41) is 8.95. The predicted octanol–water partition coefficient (Wildman–Crippen LogP) is 2.68. The summed E-state index contributed by atoms with van der Waals surface area (Å²) in [4.78, 5) is 15.6. The molecule has 0 aliphatic carbocycles. The number of carbonyl (C=O) groups excluding carboxylic acids is 1. The first-order valence-corrected chi connectivity index (χ1v) is 8.41. The Kier molecular flexibility index (Phi) is 11.8. The van der Waals surface area contributed by atoms with Gasteiger partial charge in [-0.2, -0.15) is 0 Å². The van der Waals surface area contributed by atoms with Crippen molar-refractivity contribution < 1.29 is 14.3 Å². The lowest BCUT2D eigenvalue weighted by Crippen LogP contribution is -2.43. The fourth-order valence-corrected chi connectivity index (χ4v) is 1.93. The number of aryl methyl sites for hydroxylation is 1. The molecule has 0 bridgehead atoms. The van der Waals surface area contributed by atoms with E-state index in [9.17, 15) is 4.79 Å². The van der Waals surface area contributed by atoms with Crippen molar-refractivity contribution >= 4 is 36.0 Å². The van der Waals surface area contributed by atoms with Crippen LogP contribution >= 0.6 is 24.0 Å². The zero-order valence-corrected chi connectivity index (χ0v) is 18.5. The van der Waals surface area contributed by atoms with Gasteiger partial charge in [-0.15, -0.1) is 24.0 Å². The number of para-hydroxylation sites is 1. The van der Waals surface area contributed by atoms with E-state index < -0.39 is 11.7 Å². The fourth-order valence-electron chi connectivity index (χ4n) is 1.93. The minimum absolute atomic E-state index is 0. The molecule has 0 atom stereocenters. The fraction of sp³-hybridized carbons (Fsp3) is 0.556. The van der Waals surface area contributed by atoms with Crippen LogP contribution in [0.5, 0.6) is 5.75 Å². The van der Waals surface area contributed by atoms with Crippen LogP contribution in [-0.2, 0) is 4.74 Å². The Morgan fingerprint density at radius 2 is 1.69 bits per heavy atom. The first-order chi connectivity index (χ1) is 11.8. The first-order valence-electron chi connectivity index (χ1n) is 8.41. The molecule has 26 heavy (non-hydrogen) atoms. The lowest BCUT2D eigenvalue weighted by molar-refractivity contribution is 0.0529. The molecule has 0 radical (unpaired) electrons. The molecule has 0 unspecified atom stereocenters. The van der Waals surface area contributed by atoms with Crippen molar-refractivity contribution in [2.45, 2.75) is 33.3 Å². The lowest BCUT2D eigenvalue weighted by Gasteiger charge is -2.20. The SMILES string of the molecule is CN=C(NCCNC(=O)OC(C)(C)C)NCCOc1ccccc1C.I. The molecule has 0 spiro atoms. The highest BCUT2D eigenvalue weighted by Gasteiger charge is 2.15. The number of alkyl carbamates (subject to hydrolysis) is 1. The predicted molar refractivity (Wildman–Crippen MR) is 116 cm³/mol. The van der Waals surface area contributed by atoms with Crippen molar-refractivity contribution in [2.24, 2.45) is 4.99 Å². The van der Waals surface area contributed by atoms with Crippen LogP contribution in [0.3, 0.4) is 0 Å². The number of carbonyl (C=O) groups is 1. The second kappa shape index (κ2) is 12.6. The number of amides is 1. The summed E-state index contributed by atoms with van der Waals surface area (Å²) in [5.74, 6) is 1.54. The van der Waals surface area contributed by atoms with Crippen LogP contribution < -0.4 is 20.7 Å². The highest BCUT2D eigenvalue weighted by molar-refractivity contribution is 14.0. The number of hydrogen-bond acceptors (Lipinski definition) is 4. The summed E-state index contributed by atoms with van der Waals surface area (Å²) in [5.41, 5.74) is 0.616. The smallest absolute Gasteiger partial charge is 0.407 e. The average molecular weight is 478 g/mol. The normalized spacial score (nSPS) is 11.2. The number of hydrogen-bond donors (Lipinski definition) is 3. The van der Waals surface area contributed by atoms with Crippen molar-refractivity contribution in [3.8, 4) is 5.75 Å². The Labute approximate surface area is 173 Å². The third-order valence-corrected chi connectivity index (χ3v) is 3.05. The second-order valence-electron chi connectivity index (χ2n) is 6.47. The maximum absolute atomic E-state index is 11.5. The molecule has 0 saturated carbocycles. The third kappa shape index (κ3) is 11.0. The molecule has 8 heteroatoms. The molecule has 7 nitrogen and oxygen atoms in total. The van der Waals surface area contributed by atoms with Crippen LogP contribution in [0.15, 0.2) is 29.3 Å². The third-order valence-electron chi connectivity index (χ3n) is 3.05. The Hall–Kier alpha value is -1.71.